The van der Waals surface area contributed by atoms with Crippen molar-refractivity contribution in [1.82, 2.24) is 14.9 Å². The molecule has 0 bridgehead atoms. The summed E-state index contributed by atoms with van der Waals surface area (Å²) in [6.45, 7) is 3.54. The highest BCUT2D eigenvalue weighted by atomic mass is 35.5. The van der Waals surface area contributed by atoms with Gasteiger partial charge in [0, 0.05) is 23.7 Å². The second-order valence-corrected chi connectivity index (χ2v) is 6.68. The van der Waals surface area contributed by atoms with Crippen molar-refractivity contribution in [2.75, 3.05) is 12.3 Å². The fraction of sp³-hybridized carbons (Fsp3) is 0.333. The Morgan fingerprint density at radius 3 is 2.67 bits per heavy atom. The van der Waals surface area contributed by atoms with Crippen LogP contribution in [0.2, 0.25) is 5.02 Å². The third-order valence-corrected chi connectivity index (χ3v) is 4.70. The number of rotatable bonds is 5. The van der Waals surface area contributed by atoms with Crippen molar-refractivity contribution < 1.29 is 12.9 Å². The molecule has 0 aliphatic carbocycles. The molecule has 0 spiro atoms. The van der Waals surface area contributed by atoms with Crippen LogP contribution in [0.4, 0.5) is 5.69 Å². The van der Waals surface area contributed by atoms with Crippen molar-refractivity contribution in [2.45, 2.75) is 25.2 Å². The Bertz CT molecular complexity index is 735. The van der Waals surface area contributed by atoms with Gasteiger partial charge >= 0.3 is 0 Å². The fourth-order valence-electron chi connectivity index (χ4n) is 1.65. The highest BCUT2D eigenvalue weighted by molar-refractivity contribution is 7.89. The number of nitrogens with zero attached hydrogens (tertiary/aromatic N) is 2. The number of nitrogens with one attached hydrogen (secondary N) is 1. The third-order valence-electron chi connectivity index (χ3n) is 2.87. The maximum absolute atomic E-state index is 12.2. The van der Waals surface area contributed by atoms with Crippen LogP contribution in [0.3, 0.4) is 0 Å². The molecule has 3 N–H and O–H groups in total. The van der Waals surface area contributed by atoms with E-state index in [2.05, 4.69) is 14.9 Å². The Morgan fingerprint density at radius 1 is 1.38 bits per heavy atom. The number of benzene rings is 1. The molecule has 1 aromatic carbocycles. The summed E-state index contributed by atoms with van der Waals surface area (Å²) in [5.41, 5.74) is 6.71. The number of anilines is 1. The van der Waals surface area contributed by atoms with Crippen LogP contribution in [-0.4, -0.2) is 25.1 Å². The Kier molecular flexibility index (Phi) is 4.50. The van der Waals surface area contributed by atoms with Crippen LogP contribution in [0, 0.1) is 13.8 Å². The van der Waals surface area contributed by atoms with Gasteiger partial charge in [0.05, 0.1) is 4.90 Å². The van der Waals surface area contributed by atoms with Crippen LogP contribution < -0.4 is 10.5 Å². The van der Waals surface area contributed by atoms with E-state index in [1.54, 1.807) is 13.8 Å². The van der Waals surface area contributed by atoms with Crippen molar-refractivity contribution in [3.05, 3.63) is 34.4 Å². The summed E-state index contributed by atoms with van der Waals surface area (Å²) in [5, 5.41) is 3.93. The molecule has 0 radical (unpaired) electrons. The number of aryl methyl sites for hydroxylation is 1. The van der Waals surface area contributed by atoms with Crippen LogP contribution in [0.25, 0.3) is 0 Å². The van der Waals surface area contributed by atoms with E-state index in [4.69, 9.17) is 21.9 Å². The average Bonchev–Trinajstić information content (AvgIpc) is 2.81. The van der Waals surface area contributed by atoms with Crippen LogP contribution >= 0.6 is 11.6 Å². The summed E-state index contributed by atoms with van der Waals surface area (Å²) in [4.78, 5) is 4.01. The molecule has 0 aliphatic rings. The van der Waals surface area contributed by atoms with Crippen molar-refractivity contribution in [3.8, 4) is 0 Å². The molecule has 0 amide bonds. The molecule has 21 heavy (non-hydrogen) atoms. The number of sulfonamides is 1. The first-order chi connectivity index (χ1) is 9.79. The minimum absolute atomic E-state index is 0.0253. The molecule has 2 rings (SSSR count). The molecule has 0 fully saturated rings. The minimum Gasteiger partial charge on any atom is -0.398 e. The first-order valence-electron chi connectivity index (χ1n) is 6.14. The number of nitrogens with two attached hydrogens (primary N) is 1. The molecule has 1 aromatic heterocycles. The zero-order valence-corrected chi connectivity index (χ0v) is 13.1. The van der Waals surface area contributed by atoms with E-state index >= 15 is 0 Å². The van der Waals surface area contributed by atoms with E-state index in [0.717, 1.165) is 0 Å². The zero-order chi connectivity index (χ0) is 15.6. The highest BCUT2D eigenvalue weighted by Gasteiger charge is 2.17. The SMILES string of the molecule is Cc1noc(CCNS(=O)(=O)c2cc(N)c(C)c(Cl)c2)n1. The summed E-state index contributed by atoms with van der Waals surface area (Å²) in [6.07, 6.45) is 0.301. The zero-order valence-electron chi connectivity index (χ0n) is 11.6. The normalized spacial score (nSPS) is 11.8. The van der Waals surface area contributed by atoms with Crippen molar-refractivity contribution in [1.29, 1.82) is 0 Å². The van der Waals surface area contributed by atoms with Crippen molar-refractivity contribution in [3.63, 3.8) is 0 Å². The summed E-state index contributed by atoms with van der Waals surface area (Å²) in [6, 6.07) is 2.74. The lowest BCUT2D eigenvalue weighted by Crippen LogP contribution is -2.26. The summed E-state index contributed by atoms with van der Waals surface area (Å²) >= 11 is 5.95. The van der Waals surface area contributed by atoms with Crippen LogP contribution in [0.15, 0.2) is 21.6 Å². The van der Waals surface area contributed by atoms with Gasteiger partial charge in [-0.2, -0.15) is 4.98 Å². The van der Waals surface area contributed by atoms with Gasteiger partial charge in [0.15, 0.2) is 5.82 Å². The van der Waals surface area contributed by atoms with E-state index in [1.807, 2.05) is 0 Å². The molecule has 1 heterocycles. The Balaban J connectivity index is 2.08. The Morgan fingerprint density at radius 2 is 2.10 bits per heavy atom. The quantitative estimate of drug-likeness (QED) is 0.802. The lowest BCUT2D eigenvalue weighted by molar-refractivity contribution is 0.375. The monoisotopic (exact) mass is 330 g/mol. The molecule has 0 saturated heterocycles. The molecule has 0 saturated carbocycles. The molecule has 2 aromatic rings. The van der Waals surface area contributed by atoms with Gasteiger partial charge in [-0.05, 0) is 31.5 Å². The Labute approximate surface area is 127 Å². The lowest BCUT2D eigenvalue weighted by Gasteiger charge is -2.09. The Hall–Kier alpha value is -1.64. The van der Waals surface area contributed by atoms with Gasteiger partial charge < -0.3 is 10.3 Å². The predicted octanol–water partition coefficient (Wildman–Crippen LogP) is 1.44. The minimum atomic E-state index is -3.69. The second-order valence-electron chi connectivity index (χ2n) is 4.50. The maximum Gasteiger partial charge on any atom is 0.240 e. The van der Waals surface area contributed by atoms with Gasteiger partial charge in [-0.15, -0.1) is 0 Å². The molecule has 114 valence electrons. The van der Waals surface area contributed by atoms with Gasteiger partial charge in [0.25, 0.3) is 0 Å². The largest absolute Gasteiger partial charge is 0.398 e. The van der Waals surface area contributed by atoms with E-state index < -0.39 is 10.0 Å². The maximum atomic E-state index is 12.2. The first-order valence-corrected chi connectivity index (χ1v) is 8.00. The molecular formula is C12H15ClN4O3S. The van der Waals surface area contributed by atoms with Crippen LogP contribution in [0.5, 0.6) is 0 Å². The lowest BCUT2D eigenvalue weighted by atomic mass is 10.2. The predicted molar refractivity (Wildman–Crippen MR) is 78.5 cm³/mol. The molecular weight excluding hydrogens is 316 g/mol. The van der Waals surface area contributed by atoms with Gasteiger partial charge in [-0.3, -0.25) is 0 Å². The molecule has 0 unspecified atom stereocenters. The number of hydrogen-bond acceptors (Lipinski definition) is 6. The molecule has 0 aliphatic heterocycles. The van der Waals surface area contributed by atoms with Gasteiger partial charge in [-0.25, -0.2) is 13.1 Å². The number of nitrogen functional groups attached to an aromatic ring is 1. The first kappa shape index (κ1) is 15.7. The second kappa shape index (κ2) is 6.00. The fourth-order valence-corrected chi connectivity index (χ4v) is 3.03. The van der Waals surface area contributed by atoms with E-state index in [9.17, 15) is 8.42 Å². The van der Waals surface area contributed by atoms with E-state index in [1.165, 1.54) is 12.1 Å². The van der Waals surface area contributed by atoms with Crippen molar-refractivity contribution in [2.24, 2.45) is 0 Å². The summed E-state index contributed by atoms with van der Waals surface area (Å²) in [7, 11) is -3.69. The van der Waals surface area contributed by atoms with E-state index in [-0.39, 0.29) is 11.4 Å². The number of hydrogen-bond donors (Lipinski definition) is 2. The molecule has 9 heteroatoms. The average molecular weight is 331 g/mol. The molecule has 7 nitrogen and oxygen atoms in total. The van der Waals surface area contributed by atoms with Gasteiger partial charge in [0.2, 0.25) is 15.9 Å². The number of aromatic nitrogens is 2. The van der Waals surface area contributed by atoms with Gasteiger partial charge in [-0.1, -0.05) is 16.8 Å². The molecule has 0 atom stereocenters. The van der Waals surface area contributed by atoms with E-state index in [0.29, 0.717) is 34.4 Å². The number of halogens is 1. The standard InChI is InChI=1S/C12H15ClN4O3S/c1-7-10(13)5-9(6-11(7)14)21(18,19)15-4-3-12-16-8(2)17-20-12/h5-6,15H,3-4,14H2,1-2H3. The van der Waals surface area contributed by atoms with Crippen molar-refractivity contribution >= 4 is 27.3 Å². The summed E-state index contributed by atoms with van der Waals surface area (Å²) in [5.74, 6) is 0.877. The van der Waals surface area contributed by atoms with Crippen LogP contribution in [-0.2, 0) is 16.4 Å². The third kappa shape index (κ3) is 3.72. The topological polar surface area (TPSA) is 111 Å². The van der Waals surface area contributed by atoms with Gasteiger partial charge in [0.1, 0.15) is 0 Å². The smallest absolute Gasteiger partial charge is 0.240 e. The summed E-state index contributed by atoms with van der Waals surface area (Å²) < 4.78 is 31.6. The van der Waals surface area contributed by atoms with Crippen LogP contribution in [0.1, 0.15) is 17.3 Å². The highest BCUT2D eigenvalue weighted by Crippen LogP contribution is 2.25.